The molecular formula is C19H19N3O5. The summed E-state index contributed by atoms with van der Waals surface area (Å²) in [6.07, 6.45) is 2.91. The number of aromatic nitrogens is 2. The Kier molecular flexibility index (Phi) is 4.10. The van der Waals surface area contributed by atoms with Crippen molar-refractivity contribution >= 4 is 11.6 Å². The van der Waals surface area contributed by atoms with Crippen LogP contribution in [-0.4, -0.2) is 27.5 Å². The van der Waals surface area contributed by atoms with Crippen LogP contribution in [0.25, 0.3) is 0 Å². The van der Waals surface area contributed by atoms with Gasteiger partial charge in [0.15, 0.2) is 11.5 Å². The van der Waals surface area contributed by atoms with E-state index in [0.29, 0.717) is 36.3 Å². The third-order valence-corrected chi connectivity index (χ3v) is 4.97. The van der Waals surface area contributed by atoms with E-state index in [4.69, 9.17) is 4.74 Å². The molecule has 0 saturated carbocycles. The van der Waals surface area contributed by atoms with Gasteiger partial charge in [-0.25, -0.2) is 4.79 Å². The normalized spacial score (nSPS) is 20.9. The van der Waals surface area contributed by atoms with Gasteiger partial charge >= 0.3 is 5.69 Å². The number of carbonyl (C=O) groups is 1. The largest absolute Gasteiger partial charge is 0.504 e. The highest BCUT2D eigenvalue weighted by atomic mass is 16.5. The van der Waals surface area contributed by atoms with Crippen molar-refractivity contribution in [2.75, 3.05) is 11.9 Å². The third kappa shape index (κ3) is 2.83. The number of ether oxygens (including phenoxy) is 1. The molecule has 140 valence electrons. The molecule has 27 heavy (non-hydrogen) atoms. The van der Waals surface area contributed by atoms with Crippen LogP contribution >= 0.6 is 0 Å². The fourth-order valence-corrected chi connectivity index (χ4v) is 3.88. The Labute approximate surface area is 153 Å². The van der Waals surface area contributed by atoms with E-state index in [1.807, 2.05) is 6.08 Å². The monoisotopic (exact) mass is 369 g/mol. The summed E-state index contributed by atoms with van der Waals surface area (Å²) in [5.41, 5.74) is 0.459. The highest BCUT2D eigenvalue weighted by Crippen LogP contribution is 2.45. The summed E-state index contributed by atoms with van der Waals surface area (Å²) in [6, 6.07) is 4.79. The molecule has 0 saturated heterocycles. The maximum Gasteiger partial charge on any atom is 0.327 e. The summed E-state index contributed by atoms with van der Waals surface area (Å²) in [7, 11) is 0. The fraction of sp³-hybridized carbons (Fsp3) is 0.316. The molecule has 2 heterocycles. The summed E-state index contributed by atoms with van der Waals surface area (Å²) in [5, 5.41) is 13.1. The average molecular weight is 369 g/mol. The topological polar surface area (TPSA) is 124 Å². The molecule has 1 aromatic heterocycles. The first-order valence-electron chi connectivity index (χ1n) is 8.81. The number of hydrogen-bond donors (Lipinski definition) is 4. The van der Waals surface area contributed by atoms with Gasteiger partial charge < -0.3 is 15.2 Å². The maximum absolute atomic E-state index is 12.7. The van der Waals surface area contributed by atoms with Gasteiger partial charge in [-0.15, -0.1) is 0 Å². The molecule has 2 aliphatic rings. The van der Waals surface area contributed by atoms with E-state index < -0.39 is 23.1 Å². The number of ketones is 1. The number of H-pyrrole nitrogens is 2. The lowest BCUT2D eigenvalue weighted by Crippen LogP contribution is -2.40. The fourth-order valence-electron chi connectivity index (χ4n) is 3.88. The van der Waals surface area contributed by atoms with Gasteiger partial charge in [0, 0.05) is 18.0 Å². The number of phenolic OH excluding ortho intramolecular Hbond substituents is 1. The minimum Gasteiger partial charge on any atom is -0.504 e. The number of aromatic amines is 2. The van der Waals surface area contributed by atoms with Crippen molar-refractivity contribution < 1.29 is 14.6 Å². The van der Waals surface area contributed by atoms with Gasteiger partial charge in [0.05, 0.1) is 18.1 Å². The number of aromatic hydroxyl groups is 1. The second kappa shape index (κ2) is 6.46. The molecule has 4 N–H and O–H groups in total. The molecule has 1 aliphatic carbocycles. The van der Waals surface area contributed by atoms with E-state index in [2.05, 4.69) is 15.3 Å². The Bertz CT molecular complexity index is 1070. The number of anilines is 1. The van der Waals surface area contributed by atoms with Crippen LogP contribution in [0, 0.1) is 5.92 Å². The number of hydrogen-bond acceptors (Lipinski definition) is 6. The predicted molar refractivity (Wildman–Crippen MR) is 98.2 cm³/mol. The number of phenols is 1. The summed E-state index contributed by atoms with van der Waals surface area (Å²) >= 11 is 0. The molecule has 1 aliphatic heterocycles. The number of rotatable bonds is 3. The van der Waals surface area contributed by atoms with E-state index >= 15 is 0 Å². The van der Waals surface area contributed by atoms with Crippen molar-refractivity contribution in [3.05, 3.63) is 61.9 Å². The van der Waals surface area contributed by atoms with Crippen molar-refractivity contribution in [1.29, 1.82) is 0 Å². The van der Waals surface area contributed by atoms with Crippen molar-refractivity contribution in [3.63, 3.8) is 0 Å². The molecule has 8 heteroatoms. The lowest BCUT2D eigenvalue weighted by Gasteiger charge is -2.36. The van der Waals surface area contributed by atoms with Gasteiger partial charge in [-0.05, 0) is 31.0 Å². The summed E-state index contributed by atoms with van der Waals surface area (Å²) < 4.78 is 5.46. The average Bonchev–Trinajstić information content (AvgIpc) is 2.62. The number of allylic oxidation sites excluding steroid dienone is 2. The summed E-state index contributed by atoms with van der Waals surface area (Å²) in [6.45, 7) is 2.16. The van der Waals surface area contributed by atoms with Crippen LogP contribution in [0.15, 0.2) is 39.6 Å². The minimum atomic E-state index is -0.619. The molecule has 2 aromatic rings. The Morgan fingerprint density at radius 3 is 2.78 bits per heavy atom. The van der Waals surface area contributed by atoms with E-state index in [1.165, 1.54) is 6.07 Å². The first-order valence-corrected chi connectivity index (χ1v) is 8.81. The van der Waals surface area contributed by atoms with Crippen LogP contribution in [0.3, 0.4) is 0 Å². The Balaban J connectivity index is 1.97. The molecule has 2 atom stereocenters. The van der Waals surface area contributed by atoms with Crippen molar-refractivity contribution in [2.45, 2.75) is 25.7 Å². The number of fused-ring (bicyclic) bond motifs is 2. The lowest BCUT2D eigenvalue weighted by atomic mass is 9.72. The zero-order valence-corrected chi connectivity index (χ0v) is 14.7. The second-order valence-electron chi connectivity index (χ2n) is 6.60. The molecule has 8 nitrogen and oxygen atoms in total. The molecule has 1 aromatic carbocycles. The molecule has 2 unspecified atom stereocenters. The number of nitrogens with one attached hydrogen (secondary N) is 3. The highest BCUT2D eigenvalue weighted by molar-refractivity contribution is 5.89. The van der Waals surface area contributed by atoms with Gasteiger partial charge in [0.25, 0.3) is 5.56 Å². The quantitative estimate of drug-likeness (QED) is 0.651. The van der Waals surface area contributed by atoms with E-state index in [0.717, 1.165) is 0 Å². The maximum atomic E-state index is 12.7. The smallest absolute Gasteiger partial charge is 0.327 e. The van der Waals surface area contributed by atoms with Gasteiger partial charge in [-0.3, -0.25) is 19.6 Å². The molecular weight excluding hydrogens is 350 g/mol. The molecule has 0 fully saturated rings. The summed E-state index contributed by atoms with van der Waals surface area (Å²) in [4.78, 5) is 41.9. The zero-order chi connectivity index (χ0) is 19.1. The Morgan fingerprint density at radius 2 is 2.00 bits per heavy atom. The highest BCUT2D eigenvalue weighted by Gasteiger charge is 2.42. The zero-order valence-electron chi connectivity index (χ0n) is 14.7. The predicted octanol–water partition coefficient (Wildman–Crippen LogP) is 1.59. The van der Waals surface area contributed by atoms with Crippen molar-refractivity contribution in [2.24, 2.45) is 5.92 Å². The van der Waals surface area contributed by atoms with E-state index in [9.17, 15) is 19.5 Å². The Hall–Kier alpha value is -3.29. The van der Waals surface area contributed by atoms with E-state index in [1.54, 1.807) is 19.1 Å². The van der Waals surface area contributed by atoms with Crippen LogP contribution in [-0.2, 0) is 4.79 Å². The first kappa shape index (κ1) is 17.1. The van der Waals surface area contributed by atoms with Crippen molar-refractivity contribution in [3.8, 4) is 11.5 Å². The van der Waals surface area contributed by atoms with E-state index in [-0.39, 0.29) is 23.1 Å². The van der Waals surface area contributed by atoms with Gasteiger partial charge in [0.1, 0.15) is 11.6 Å². The van der Waals surface area contributed by atoms with Crippen LogP contribution < -0.4 is 21.3 Å². The summed E-state index contributed by atoms with van der Waals surface area (Å²) in [5.74, 6) is -0.581. The molecule has 4 rings (SSSR count). The lowest BCUT2D eigenvalue weighted by molar-refractivity contribution is -0.122. The second-order valence-corrected chi connectivity index (χ2v) is 6.60. The molecule has 0 bridgehead atoms. The van der Waals surface area contributed by atoms with Crippen LogP contribution in [0.2, 0.25) is 0 Å². The van der Waals surface area contributed by atoms with Crippen LogP contribution in [0.5, 0.6) is 11.5 Å². The third-order valence-electron chi connectivity index (χ3n) is 4.97. The van der Waals surface area contributed by atoms with Gasteiger partial charge in [0.2, 0.25) is 0 Å². The minimum absolute atomic E-state index is 0.0177. The number of Topliss-reactive ketones (excluding diaryl/α,β-unsaturated/α-hetero) is 1. The van der Waals surface area contributed by atoms with Crippen LogP contribution in [0.4, 0.5) is 5.82 Å². The number of carbonyl (C=O) groups excluding carboxylic acids is 1. The first-order chi connectivity index (χ1) is 13.0. The molecule has 0 amide bonds. The Morgan fingerprint density at radius 1 is 1.19 bits per heavy atom. The van der Waals surface area contributed by atoms with Gasteiger partial charge in [-0.2, -0.15) is 0 Å². The number of benzene rings is 1. The molecule has 0 spiro atoms. The van der Waals surface area contributed by atoms with Gasteiger partial charge in [-0.1, -0.05) is 12.1 Å². The SMILES string of the molecule is CCOc1cc(C2c3c([nH]c(=O)[nH]c3=O)NC3=CCCC(=O)C32)ccc1O. The van der Waals surface area contributed by atoms with Crippen LogP contribution in [0.1, 0.15) is 36.8 Å². The standard InChI is InChI=1S/C19H19N3O5/c1-2-27-13-8-9(6-7-11(13)23)14-15-10(4-3-5-12(15)24)20-17-16(14)18(25)22-19(26)21-17/h4,6-8,14-15,23H,2-3,5H2,1H3,(H3,20,21,22,25,26). The molecule has 0 radical (unpaired) electrons. The van der Waals surface area contributed by atoms with Crippen molar-refractivity contribution in [1.82, 2.24) is 9.97 Å².